The maximum Gasteiger partial charge on any atom is 0.189 e. The number of hydrogen-bond donors (Lipinski definition) is 2. The van der Waals surface area contributed by atoms with Crippen LogP contribution in [0.15, 0.2) is 29.4 Å². The van der Waals surface area contributed by atoms with E-state index in [0.717, 1.165) is 47.6 Å². The Labute approximate surface area is 150 Å². The third kappa shape index (κ3) is 4.37. The van der Waals surface area contributed by atoms with Crippen LogP contribution in [0.1, 0.15) is 4.88 Å². The van der Waals surface area contributed by atoms with Gasteiger partial charge >= 0.3 is 0 Å². The van der Waals surface area contributed by atoms with Crippen molar-refractivity contribution in [3.63, 3.8) is 0 Å². The molecule has 0 saturated carbocycles. The van der Waals surface area contributed by atoms with Crippen LogP contribution in [0.3, 0.4) is 0 Å². The highest BCUT2D eigenvalue weighted by Crippen LogP contribution is 2.28. The summed E-state index contributed by atoms with van der Waals surface area (Å²) < 4.78 is 5.15. The van der Waals surface area contributed by atoms with Gasteiger partial charge < -0.3 is 15.0 Å². The van der Waals surface area contributed by atoms with Crippen LogP contribution >= 0.6 is 22.9 Å². The number of rotatable bonds is 5. The van der Waals surface area contributed by atoms with Crippen molar-refractivity contribution >= 4 is 40.0 Å². The molecule has 1 fully saturated rings. The van der Waals surface area contributed by atoms with Crippen molar-refractivity contribution in [2.45, 2.75) is 0 Å². The van der Waals surface area contributed by atoms with E-state index in [4.69, 9.17) is 16.3 Å². The van der Waals surface area contributed by atoms with E-state index in [1.807, 2.05) is 24.3 Å². The zero-order valence-corrected chi connectivity index (χ0v) is 15.3. The zero-order chi connectivity index (χ0) is 16.9. The molecule has 1 aromatic heterocycles. The molecule has 0 unspecified atom stereocenters. The summed E-state index contributed by atoms with van der Waals surface area (Å²) in [4.78, 5) is 6.76. The number of thiazole rings is 1. The lowest BCUT2D eigenvalue weighted by atomic mass is 10.3. The summed E-state index contributed by atoms with van der Waals surface area (Å²) in [6.45, 7) is 4.15. The number of anilines is 2. The number of nitrogens with one attached hydrogen (secondary N) is 2. The highest BCUT2D eigenvalue weighted by atomic mass is 35.5. The summed E-state index contributed by atoms with van der Waals surface area (Å²) in [5.41, 5.74) is 0.937. The molecule has 0 bridgehead atoms. The summed E-state index contributed by atoms with van der Waals surface area (Å²) >= 11 is 7.71. The number of hydrazone groups is 1. The molecule has 1 saturated heterocycles. The summed E-state index contributed by atoms with van der Waals surface area (Å²) in [5, 5.41) is 11.1. The Balaban J connectivity index is 1.63. The molecular weight excluding hydrogens is 346 g/mol. The van der Waals surface area contributed by atoms with Gasteiger partial charge in [-0.2, -0.15) is 5.10 Å². The standard InChI is InChI=1S/C16H20ClN5OS/c1-21-7-9-22(10-8-21)18-11-14-15(17)20-16(24-14)19-12-3-5-13(23-2)6-4-12/h3-6,11H,7-10H2,1-2H3,(H,19,20)/p+1/b18-11+. The molecule has 24 heavy (non-hydrogen) atoms. The first-order valence-corrected chi connectivity index (χ1v) is 9.01. The molecule has 0 spiro atoms. The van der Waals surface area contributed by atoms with Gasteiger partial charge in [0, 0.05) is 5.69 Å². The van der Waals surface area contributed by atoms with Crippen molar-refractivity contribution in [2.75, 3.05) is 45.7 Å². The minimum absolute atomic E-state index is 0.472. The summed E-state index contributed by atoms with van der Waals surface area (Å²) in [6, 6.07) is 7.67. The lowest BCUT2D eigenvalue weighted by molar-refractivity contribution is -0.884. The van der Waals surface area contributed by atoms with Gasteiger partial charge in [-0.15, -0.1) is 0 Å². The van der Waals surface area contributed by atoms with Crippen LogP contribution in [0.2, 0.25) is 5.15 Å². The second kappa shape index (κ2) is 7.83. The molecule has 2 heterocycles. The molecule has 0 radical (unpaired) electrons. The van der Waals surface area contributed by atoms with Gasteiger partial charge in [-0.3, -0.25) is 5.01 Å². The predicted octanol–water partition coefficient (Wildman–Crippen LogP) is 1.71. The van der Waals surface area contributed by atoms with Crippen LogP contribution in [0.5, 0.6) is 5.75 Å². The van der Waals surface area contributed by atoms with E-state index in [1.165, 1.54) is 11.3 Å². The quantitative estimate of drug-likeness (QED) is 0.791. The van der Waals surface area contributed by atoms with Gasteiger partial charge in [0.25, 0.3) is 0 Å². The number of quaternary nitrogens is 1. The zero-order valence-electron chi connectivity index (χ0n) is 13.8. The van der Waals surface area contributed by atoms with Gasteiger partial charge in [0.15, 0.2) is 10.3 Å². The van der Waals surface area contributed by atoms with Crippen molar-refractivity contribution in [3.8, 4) is 5.75 Å². The van der Waals surface area contributed by atoms with Crippen LogP contribution < -0.4 is 15.0 Å². The monoisotopic (exact) mass is 366 g/mol. The van der Waals surface area contributed by atoms with E-state index in [-0.39, 0.29) is 0 Å². The molecule has 0 atom stereocenters. The highest BCUT2D eigenvalue weighted by Gasteiger charge is 2.15. The first-order valence-electron chi connectivity index (χ1n) is 7.81. The molecule has 128 valence electrons. The Hall–Kier alpha value is -1.83. The van der Waals surface area contributed by atoms with Gasteiger partial charge in [0.2, 0.25) is 0 Å². The second-order valence-corrected chi connectivity index (χ2v) is 7.07. The maximum atomic E-state index is 6.23. The maximum absolute atomic E-state index is 6.23. The highest BCUT2D eigenvalue weighted by molar-refractivity contribution is 7.17. The molecule has 0 amide bonds. The first kappa shape index (κ1) is 17.0. The SMILES string of the molecule is COc1ccc(Nc2nc(Cl)c(/C=N/N3CC[NH+](C)CC3)s2)cc1. The first-order chi connectivity index (χ1) is 11.6. The van der Waals surface area contributed by atoms with E-state index in [9.17, 15) is 0 Å². The number of ether oxygens (including phenoxy) is 1. The number of hydrogen-bond acceptors (Lipinski definition) is 6. The van der Waals surface area contributed by atoms with Crippen molar-refractivity contribution in [2.24, 2.45) is 5.10 Å². The fourth-order valence-corrected chi connectivity index (χ4v) is 3.41. The largest absolute Gasteiger partial charge is 0.497 e. The van der Waals surface area contributed by atoms with E-state index in [0.29, 0.717) is 5.15 Å². The minimum atomic E-state index is 0.472. The van der Waals surface area contributed by atoms with Crippen molar-refractivity contribution in [1.29, 1.82) is 0 Å². The third-order valence-corrected chi connectivity index (χ3v) is 5.19. The Bertz CT molecular complexity index is 695. The Kier molecular flexibility index (Phi) is 5.55. The fourth-order valence-electron chi connectivity index (χ4n) is 2.37. The number of nitrogens with zero attached hydrogens (tertiary/aromatic N) is 3. The number of aromatic nitrogens is 1. The molecule has 2 aromatic rings. The second-order valence-electron chi connectivity index (χ2n) is 5.68. The molecule has 3 rings (SSSR count). The molecule has 0 aliphatic carbocycles. The van der Waals surface area contributed by atoms with Crippen LogP contribution in [-0.2, 0) is 0 Å². The Morgan fingerprint density at radius 1 is 1.33 bits per heavy atom. The van der Waals surface area contributed by atoms with Crippen LogP contribution in [0.25, 0.3) is 0 Å². The van der Waals surface area contributed by atoms with Crippen molar-refractivity contribution < 1.29 is 9.64 Å². The third-order valence-electron chi connectivity index (χ3n) is 3.88. The minimum Gasteiger partial charge on any atom is -0.497 e. The molecule has 2 N–H and O–H groups in total. The van der Waals surface area contributed by atoms with Crippen LogP contribution in [0, 0.1) is 0 Å². The number of methoxy groups -OCH3 is 1. The van der Waals surface area contributed by atoms with Crippen molar-refractivity contribution in [1.82, 2.24) is 9.99 Å². The molecule has 8 heteroatoms. The summed E-state index contributed by atoms with van der Waals surface area (Å²) in [5.74, 6) is 0.819. The van der Waals surface area contributed by atoms with Gasteiger partial charge in [0.1, 0.15) is 5.75 Å². The smallest absolute Gasteiger partial charge is 0.189 e. The van der Waals surface area contributed by atoms with Gasteiger partial charge in [-0.1, -0.05) is 22.9 Å². The number of halogens is 1. The number of piperazine rings is 1. The van der Waals surface area contributed by atoms with Crippen molar-refractivity contribution in [3.05, 3.63) is 34.3 Å². The Morgan fingerprint density at radius 2 is 2.04 bits per heavy atom. The predicted molar refractivity (Wildman–Crippen MR) is 99.2 cm³/mol. The molecule has 1 aromatic carbocycles. The van der Waals surface area contributed by atoms with E-state index >= 15 is 0 Å². The molecule has 1 aliphatic heterocycles. The molecule has 6 nitrogen and oxygen atoms in total. The van der Waals surface area contributed by atoms with E-state index < -0.39 is 0 Å². The van der Waals surface area contributed by atoms with Gasteiger partial charge in [0.05, 0.1) is 51.4 Å². The lowest BCUT2D eigenvalue weighted by Crippen LogP contribution is -3.11. The van der Waals surface area contributed by atoms with Gasteiger partial charge in [-0.25, -0.2) is 4.98 Å². The fraction of sp³-hybridized carbons (Fsp3) is 0.375. The summed E-state index contributed by atoms with van der Waals surface area (Å²) in [6.07, 6.45) is 1.81. The Morgan fingerprint density at radius 3 is 2.71 bits per heavy atom. The van der Waals surface area contributed by atoms with Gasteiger partial charge in [-0.05, 0) is 24.3 Å². The van der Waals surface area contributed by atoms with E-state index in [2.05, 4.69) is 27.5 Å². The number of benzene rings is 1. The van der Waals surface area contributed by atoms with Crippen LogP contribution in [0.4, 0.5) is 10.8 Å². The van der Waals surface area contributed by atoms with E-state index in [1.54, 1.807) is 18.2 Å². The lowest BCUT2D eigenvalue weighted by Gasteiger charge is -2.27. The average Bonchev–Trinajstić information content (AvgIpc) is 2.94. The molecule has 1 aliphatic rings. The molecular formula is C16H21ClN5OS+. The normalized spacial score (nSPS) is 15.9. The topological polar surface area (TPSA) is 54.2 Å². The number of likely N-dealkylation sites (N-methyl/N-ethyl adjacent to an activating group) is 1. The van der Waals surface area contributed by atoms with Crippen LogP contribution in [-0.4, -0.2) is 56.5 Å². The average molecular weight is 367 g/mol. The summed E-state index contributed by atoms with van der Waals surface area (Å²) in [7, 11) is 3.86.